The molecule has 0 bridgehead atoms. The Hall–Kier alpha value is -1.61. The van der Waals surface area contributed by atoms with E-state index in [-0.39, 0.29) is 5.91 Å². The molecule has 2 aliphatic heterocycles. The summed E-state index contributed by atoms with van der Waals surface area (Å²) in [5, 5.41) is 3.05. The van der Waals surface area contributed by atoms with Gasteiger partial charge >= 0.3 is 0 Å². The van der Waals surface area contributed by atoms with Crippen LogP contribution >= 0.6 is 0 Å². The van der Waals surface area contributed by atoms with Crippen LogP contribution in [0.3, 0.4) is 0 Å². The lowest BCUT2D eigenvalue weighted by Crippen LogP contribution is -2.29. The quantitative estimate of drug-likeness (QED) is 0.694. The number of carbonyl (C=O) groups excluding carboxylic acids is 1. The fourth-order valence-corrected chi connectivity index (χ4v) is 3.12. The number of fused-ring (bicyclic) bond motifs is 3. The molecule has 2 unspecified atom stereocenters. The lowest BCUT2D eigenvalue weighted by Gasteiger charge is -2.17. The average Bonchev–Trinajstić information content (AvgIpc) is 2.62. The van der Waals surface area contributed by atoms with Crippen LogP contribution in [0.4, 0.5) is 0 Å². The fraction of sp³-hybridized carbons (Fsp3) is 0.400. The largest absolute Gasteiger partial charge is 0.352 e. The number of hydrogen-bond donors (Lipinski definition) is 1. The number of rotatable bonds is 0. The Morgan fingerprint density at radius 2 is 1.94 bits per heavy atom. The molecule has 2 atom stereocenters. The number of amides is 1. The van der Waals surface area contributed by atoms with Crippen molar-refractivity contribution in [3.63, 3.8) is 0 Å². The Kier molecular flexibility index (Phi) is 2.92. The molecule has 0 aromatic heterocycles. The minimum absolute atomic E-state index is 0.0678. The number of hydrogen-bond acceptors (Lipinski definition) is 2. The van der Waals surface area contributed by atoms with Gasteiger partial charge in [-0.3, -0.25) is 4.79 Å². The van der Waals surface area contributed by atoms with E-state index < -0.39 is 0 Å². The van der Waals surface area contributed by atoms with E-state index in [2.05, 4.69) is 23.3 Å². The highest BCUT2D eigenvalue weighted by atomic mass is 16.1. The van der Waals surface area contributed by atoms with Gasteiger partial charge in [0.15, 0.2) is 0 Å². The second-order valence-electron chi connectivity index (χ2n) is 5.27. The molecule has 94 valence electrons. The topological polar surface area (TPSA) is 32.3 Å². The van der Waals surface area contributed by atoms with E-state index in [9.17, 15) is 4.79 Å². The van der Waals surface area contributed by atoms with Gasteiger partial charge in [-0.25, -0.2) is 0 Å². The predicted molar refractivity (Wildman–Crippen MR) is 71.9 cm³/mol. The number of likely N-dealkylation sites (tertiary alicyclic amines) is 1. The van der Waals surface area contributed by atoms with Gasteiger partial charge in [0.1, 0.15) is 0 Å². The maximum Gasteiger partial charge on any atom is 0.251 e. The Balaban J connectivity index is 2.04. The van der Waals surface area contributed by atoms with Crippen molar-refractivity contribution in [2.75, 3.05) is 26.7 Å². The molecule has 1 N–H and O–H groups in total. The molecule has 2 fully saturated rings. The average molecular weight is 242 g/mol. The third-order valence-electron chi connectivity index (χ3n) is 3.98. The van der Waals surface area contributed by atoms with E-state index >= 15 is 0 Å². The van der Waals surface area contributed by atoms with Crippen LogP contribution in [-0.4, -0.2) is 37.5 Å². The number of allylic oxidation sites excluding steroid dienone is 6. The zero-order chi connectivity index (χ0) is 12.5. The van der Waals surface area contributed by atoms with Crippen molar-refractivity contribution in [3.05, 3.63) is 47.6 Å². The van der Waals surface area contributed by atoms with E-state index in [0.717, 1.165) is 25.2 Å². The third kappa shape index (κ3) is 1.95. The zero-order valence-electron chi connectivity index (χ0n) is 10.6. The number of nitrogens with zero attached hydrogens (tertiary/aromatic N) is 1. The molecule has 0 saturated carbocycles. The van der Waals surface area contributed by atoms with E-state index in [0.29, 0.717) is 11.8 Å². The smallest absolute Gasteiger partial charge is 0.251 e. The van der Waals surface area contributed by atoms with Crippen LogP contribution in [0.15, 0.2) is 47.6 Å². The van der Waals surface area contributed by atoms with Gasteiger partial charge in [0, 0.05) is 31.1 Å². The Morgan fingerprint density at radius 3 is 2.78 bits per heavy atom. The summed E-state index contributed by atoms with van der Waals surface area (Å²) in [6, 6.07) is 0. The molecule has 3 aliphatic rings. The van der Waals surface area contributed by atoms with Gasteiger partial charge in [0.25, 0.3) is 5.91 Å². The highest BCUT2D eigenvalue weighted by molar-refractivity contribution is 5.98. The second kappa shape index (κ2) is 4.58. The van der Waals surface area contributed by atoms with E-state index in [1.54, 1.807) is 0 Å². The van der Waals surface area contributed by atoms with Gasteiger partial charge in [0.05, 0.1) is 0 Å². The normalized spacial score (nSPS) is 40.8. The summed E-state index contributed by atoms with van der Waals surface area (Å²) >= 11 is 0. The summed E-state index contributed by atoms with van der Waals surface area (Å²) in [6.45, 7) is 2.89. The maximum absolute atomic E-state index is 12.1. The molecule has 1 amide bonds. The Labute approximate surface area is 108 Å². The summed E-state index contributed by atoms with van der Waals surface area (Å²) in [4.78, 5) is 14.5. The molecule has 0 radical (unpaired) electrons. The van der Waals surface area contributed by atoms with E-state index in [1.165, 1.54) is 5.57 Å². The van der Waals surface area contributed by atoms with Crippen LogP contribution < -0.4 is 5.32 Å². The Morgan fingerprint density at radius 1 is 1.17 bits per heavy atom. The van der Waals surface area contributed by atoms with Crippen molar-refractivity contribution in [2.24, 2.45) is 11.8 Å². The van der Waals surface area contributed by atoms with Crippen LogP contribution in [-0.2, 0) is 4.79 Å². The van der Waals surface area contributed by atoms with Crippen LogP contribution in [0, 0.1) is 11.8 Å². The summed E-state index contributed by atoms with van der Waals surface area (Å²) in [5.74, 6) is 1.07. The molecule has 18 heavy (non-hydrogen) atoms. The highest BCUT2D eigenvalue weighted by Gasteiger charge is 2.38. The van der Waals surface area contributed by atoms with Gasteiger partial charge in [0.2, 0.25) is 0 Å². The van der Waals surface area contributed by atoms with Crippen molar-refractivity contribution in [3.8, 4) is 0 Å². The lowest BCUT2D eigenvalue weighted by atomic mass is 9.85. The first-order valence-corrected chi connectivity index (χ1v) is 6.48. The standard InChI is InChI=1S/C15H18N2O/c1-17-9-11-8-16-15(18)13-7-5-3-2-4-6-12(13)14(11)10-17/h2-7,11,14H,8-10H2,1H3,(H,16,18)/b3-2?,4-2-,5-3-,6-4?,7-5?,12-6+,13-7+. The van der Waals surface area contributed by atoms with Crippen molar-refractivity contribution in [1.82, 2.24) is 10.2 Å². The molecule has 0 aromatic rings. The summed E-state index contributed by atoms with van der Waals surface area (Å²) in [6.07, 6.45) is 12.0. The van der Waals surface area contributed by atoms with Crippen LogP contribution in [0.25, 0.3) is 0 Å². The van der Waals surface area contributed by atoms with E-state index in [1.807, 2.05) is 30.4 Å². The SMILES string of the molecule is CN1CC2CNC(=O)C3=C/C=C\C=C/C=C\3C2C1. The number of carbonyl (C=O) groups is 1. The highest BCUT2D eigenvalue weighted by Crippen LogP contribution is 2.35. The van der Waals surface area contributed by atoms with Crippen molar-refractivity contribution in [1.29, 1.82) is 0 Å². The van der Waals surface area contributed by atoms with Gasteiger partial charge in [-0.2, -0.15) is 0 Å². The Bertz CT molecular complexity index is 485. The second-order valence-corrected chi connectivity index (χ2v) is 5.27. The molecule has 0 aromatic carbocycles. The predicted octanol–water partition coefficient (Wildman–Crippen LogP) is 1.27. The minimum Gasteiger partial charge on any atom is -0.352 e. The van der Waals surface area contributed by atoms with Crippen molar-refractivity contribution >= 4 is 5.91 Å². The molecule has 3 rings (SSSR count). The van der Waals surface area contributed by atoms with Crippen LogP contribution in [0.5, 0.6) is 0 Å². The molecule has 2 saturated heterocycles. The van der Waals surface area contributed by atoms with E-state index in [4.69, 9.17) is 0 Å². The van der Waals surface area contributed by atoms with Gasteiger partial charge in [-0.05, 0) is 24.6 Å². The monoisotopic (exact) mass is 242 g/mol. The molecular formula is C15H18N2O. The van der Waals surface area contributed by atoms with Gasteiger partial charge < -0.3 is 10.2 Å². The van der Waals surface area contributed by atoms with Gasteiger partial charge in [-0.15, -0.1) is 0 Å². The molecule has 0 spiro atoms. The third-order valence-corrected chi connectivity index (χ3v) is 3.98. The molecule has 2 heterocycles. The van der Waals surface area contributed by atoms with Crippen molar-refractivity contribution in [2.45, 2.75) is 0 Å². The fourth-order valence-electron chi connectivity index (χ4n) is 3.12. The number of nitrogens with one attached hydrogen (secondary N) is 1. The summed E-state index contributed by atoms with van der Waals surface area (Å²) in [5.41, 5.74) is 2.03. The summed E-state index contributed by atoms with van der Waals surface area (Å²) < 4.78 is 0. The first-order valence-electron chi connectivity index (χ1n) is 6.48. The van der Waals surface area contributed by atoms with Crippen LogP contribution in [0.2, 0.25) is 0 Å². The zero-order valence-corrected chi connectivity index (χ0v) is 10.6. The van der Waals surface area contributed by atoms with Crippen LogP contribution in [0.1, 0.15) is 0 Å². The molecule has 1 aliphatic carbocycles. The summed E-state index contributed by atoms with van der Waals surface area (Å²) in [7, 11) is 2.15. The molecule has 3 nitrogen and oxygen atoms in total. The minimum atomic E-state index is 0.0678. The lowest BCUT2D eigenvalue weighted by molar-refractivity contribution is -0.117. The first kappa shape index (κ1) is 11.5. The molecule has 3 heteroatoms. The maximum atomic E-state index is 12.1. The van der Waals surface area contributed by atoms with Gasteiger partial charge in [-0.1, -0.05) is 30.4 Å². The first-order chi connectivity index (χ1) is 8.75. The van der Waals surface area contributed by atoms with Crippen molar-refractivity contribution < 1.29 is 4.79 Å². The molecular weight excluding hydrogens is 224 g/mol.